The summed E-state index contributed by atoms with van der Waals surface area (Å²) >= 11 is 0. The fourth-order valence-corrected chi connectivity index (χ4v) is 3.62. The molecule has 2 heterocycles. The molecule has 2 aliphatic rings. The van der Waals surface area contributed by atoms with Gasteiger partial charge >= 0.3 is 0 Å². The highest BCUT2D eigenvalue weighted by molar-refractivity contribution is 7.72. The van der Waals surface area contributed by atoms with Gasteiger partial charge in [0.25, 0.3) is 0 Å². The Morgan fingerprint density at radius 3 is 2.67 bits per heavy atom. The number of rotatable bonds is 4. The molecule has 0 aliphatic carbocycles. The highest BCUT2D eigenvalue weighted by atomic mass is 31.2. The molecule has 24 heavy (non-hydrogen) atoms. The predicted molar refractivity (Wildman–Crippen MR) is 100 cm³/mol. The van der Waals surface area contributed by atoms with Crippen molar-refractivity contribution in [3.8, 4) is 11.8 Å². The first kappa shape index (κ1) is 18.8. The van der Waals surface area contributed by atoms with E-state index in [-0.39, 0.29) is 5.84 Å². The second kappa shape index (κ2) is 7.16. The van der Waals surface area contributed by atoms with E-state index >= 15 is 0 Å². The van der Waals surface area contributed by atoms with Crippen molar-refractivity contribution in [3.05, 3.63) is 24.2 Å². The molecule has 7 heteroatoms. The molecular formula is C17H26N3O3P. The maximum absolute atomic E-state index is 10.4. The van der Waals surface area contributed by atoms with Crippen LogP contribution in [0, 0.1) is 11.8 Å². The predicted octanol–water partition coefficient (Wildman–Crippen LogP) is 0.584. The number of ether oxygens (including phenoxy) is 1. The molecule has 0 aromatic heterocycles. The number of hydrogen-bond acceptors (Lipinski definition) is 6. The molecule has 0 radical (unpaired) electrons. The molecular weight excluding hydrogens is 325 g/mol. The second-order valence-corrected chi connectivity index (χ2v) is 11.1. The molecule has 1 saturated heterocycles. The Kier molecular flexibility index (Phi) is 5.62. The van der Waals surface area contributed by atoms with Crippen LogP contribution in [0.5, 0.6) is 0 Å². The van der Waals surface area contributed by atoms with Gasteiger partial charge in [0, 0.05) is 6.20 Å². The molecule has 0 bridgehead atoms. The lowest BCUT2D eigenvalue weighted by molar-refractivity contribution is -0.0579. The summed E-state index contributed by atoms with van der Waals surface area (Å²) in [5.41, 5.74) is 6.37. The molecule has 4 atom stereocenters. The summed E-state index contributed by atoms with van der Waals surface area (Å²) in [6.45, 7) is 8.58. The van der Waals surface area contributed by atoms with Gasteiger partial charge in [-0.2, -0.15) is 0 Å². The summed E-state index contributed by atoms with van der Waals surface area (Å²) in [5.74, 6) is 6.25. The zero-order chi connectivity index (χ0) is 18.1. The number of amidine groups is 1. The summed E-state index contributed by atoms with van der Waals surface area (Å²) in [5, 5.41) is 20.7. The van der Waals surface area contributed by atoms with Crippen LogP contribution in [-0.4, -0.2) is 71.3 Å². The molecule has 2 aliphatic heterocycles. The van der Waals surface area contributed by atoms with Crippen molar-refractivity contribution in [3.63, 3.8) is 0 Å². The van der Waals surface area contributed by atoms with Crippen LogP contribution < -0.4 is 5.73 Å². The summed E-state index contributed by atoms with van der Waals surface area (Å²) < 4.78 is 5.91. The second-order valence-electron chi connectivity index (χ2n) is 6.73. The molecule has 2 unspecified atom stereocenters. The third-order valence-corrected chi connectivity index (χ3v) is 5.45. The van der Waals surface area contributed by atoms with Gasteiger partial charge in [-0.25, -0.2) is 4.99 Å². The Bertz CT molecular complexity index is 683. The van der Waals surface area contributed by atoms with Crippen molar-refractivity contribution in [1.82, 2.24) is 4.90 Å². The van der Waals surface area contributed by atoms with Gasteiger partial charge in [-0.1, -0.05) is 12.5 Å². The fourth-order valence-electron chi connectivity index (χ4n) is 2.66. The first-order chi connectivity index (χ1) is 11.1. The molecule has 0 spiro atoms. The van der Waals surface area contributed by atoms with Gasteiger partial charge in [0.2, 0.25) is 0 Å². The minimum absolute atomic E-state index is 0.277. The van der Waals surface area contributed by atoms with Gasteiger partial charge in [-0.05, 0) is 32.8 Å². The van der Waals surface area contributed by atoms with E-state index in [9.17, 15) is 10.2 Å². The molecule has 2 rings (SSSR count). The maximum Gasteiger partial charge on any atom is 0.164 e. The Balaban J connectivity index is 2.18. The van der Waals surface area contributed by atoms with Crippen molar-refractivity contribution in [1.29, 1.82) is 0 Å². The topological polar surface area (TPSA) is 91.3 Å². The Morgan fingerprint density at radius 1 is 1.42 bits per heavy atom. The normalized spacial score (nSPS) is 30.5. The number of nitrogens with zero attached hydrogens (tertiary/aromatic N) is 2. The molecule has 0 aromatic rings. The number of aliphatic hydroxyl groups is 2. The standard InChI is InChI=1S/C17H26N3O3P/c1-6-7-12-10-20(11(2)19-16(12)18)17-15(22)14(21)13(23-17)8-9-24(3,4)5/h10,13-15,17,21-22H,2-3,8-9H2,1,4-5H3,(H2,18,19)/t13?,14-,15-,17?/m1/s1. The van der Waals surface area contributed by atoms with Crippen molar-refractivity contribution >= 4 is 19.0 Å². The summed E-state index contributed by atoms with van der Waals surface area (Å²) in [4.78, 5) is 5.73. The smallest absolute Gasteiger partial charge is 0.164 e. The number of nitrogens with two attached hydrogens (primary N) is 1. The van der Waals surface area contributed by atoms with Crippen LogP contribution in [0.1, 0.15) is 13.3 Å². The molecule has 1 fully saturated rings. The lowest BCUT2D eigenvalue weighted by Crippen LogP contribution is -2.42. The highest BCUT2D eigenvalue weighted by Crippen LogP contribution is 2.38. The third kappa shape index (κ3) is 4.12. The van der Waals surface area contributed by atoms with Crippen molar-refractivity contribution in [2.75, 3.05) is 19.5 Å². The van der Waals surface area contributed by atoms with Crippen LogP contribution >= 0.6 is 6.89 Å². The molecule has 132 valence electrons. The number of aliphatic hydroxyl groups excluding tert-OH is 2. The van der Waals surface area contributed by atoms with Crippen LogP contribution in [0.15, 0.2) is 29.2 Å². The number of hydrogen-bond donors (Lipinski definition) is 3. The number of aliphatic imine (C=N–C) groups is 1. The summed E-state index contributed by atoms with van der Waals surface area (Å²) in [6.07, 6.45) is 4.09. The fraction of sp³-hybridized carbons (Fsp3) is 0.529. The van der Waals surface area contributed by atoms with E-state index in [0.29, 0.717) is 17.8 Å². The van der Waals surface area contributed by atoms with E-state index in [0.717, 1.165) is 6.16 Å². The third-order valence-electron chi connectivity index (χ3n) is 3.98. The van der Waals surface area contributed by atoms with Crippen LogP contribution in [-0.2, 0) is 4.74 Å². The van der Waals surface area contributed by atoms with E-state index < -0.39 is 31.4 Å². The molecule has 0 saturated carbocycles. The quantitative estimate of drug-likeness (QED) is 0.509. The van der Waals surface area contributed by atoms with E-state index in [4.69, 9.17) is 10.5 Å². The van der Waals surface area contributed by atoms with Crippen molar-refractivity contribution in [2.24, 2.45) is 10.7 Å². The SMILES string of the molecule is C=C1N=C(N)C(C#CC)=CN1C1OC(CCP(=C)(C)C)[C@@H](O)[C@H]1O. The van der Waals surface area contributed by atoms with Crippen molar-refractivity contribution in [2.45, 2.75) is 37.9 Å². The maximum atomic E-state index is 10.4. The molecule has 4 N–H and O–H groups in total. The zero-order valence-corrected chi connectivity index (χ0v) is 15.3. The van der Waals surface area contributed by atoms with Crippen LogP contribution in [0.2, 0.25) is 0 Å². The van der Waals surface area contributed by atoms with E-state index in [1.165, 1.54) is 0 Å². The Morgan fingerprint density at radius 2 is 2.08 bits per heavy atom. The largest absolute Gasteiger partial charge is 0.388 e. The van der Waals surface area contributed by atoms with Gasteiger partial charge in [0.15, 0.2) is 6.23 Å². The minimum Gasteiger partial charge on any atom is -0.388 e. The first-order valence-electron chi connectivity index (χ1n) is 7.79. The van der Waals surface area contributed by atoms with Gasteiger partial charge in [-0.15, -0.1) is 19.1 Å². The van der Waals surface area contributed by atoms with Crippen molar-refractivity contribution < 1.29 is 14.9 Å². The van der Waals surface area contributed by atoms with E-state index in [1.807, 2.05) is 0 Å². The first-order valence-corrected chi connectivity index (χ1v) is 10.8. The summed E-state index contributed by atoms with van der Waals surface area (Å²) in [7, 11) is 0. The highest BCUT2D eigenvalue weighted by Gasteiger charge is 2.45. The molecule has 0 amide bonds. The minimum atomic E-state index is -1.23. The lowest BCUT2D eigenvalue weighted by atomic mass is 10.1. The monoisotopic (exact) mass is 351 g/mol. The van der Waals surface area contributed by atoms with E-state index in [2.05, 4.69) is 43.0 Å². The average molecular weight is 351 g/mol. The Labute approximate surface area is 143 Å². The lowest BCUT2D eigenvalue weighted by Gasteiger charge is -2.31. The molecule has 0 aromatic carbocycles. The van der Waals surface area contributed by atoms with Gasteiger partial charge < -0.3 is 25.6 Å². The molecule has 6 nitrogen and oxygen atoms in total. The van der Waals surface area contributed by atoms with Gasteiger partial charge in [-0.3, -0.25) is 0 Å². The van der Waals surface area contributed by atoms with Crippen LogP contribution in [0.3, 0.4) is 0 Å². The van der Waals surface area contributed by atoms with Crippen LogP contribution in [0.25, 0.3) is 0 Å². The van der Waals surface area contributed by atoms with E-state index in [1.54, 1.807) is 18.0 Å². The summed E-state index contributed by atoms with van der Waals surface area (Å²) in [6, 6.07) is 0. The van der Waals surface area contributed by atoms with Gasteiger partial charge in [0.1, 0.15) is 23.9 Å². The van der Waals surface area contributed by atoms with Gasteiger partial charge in [0.05, 0.1) is 11.7 Å². The average Bonchev–Trinajstić information content (AvgIpc) is 2.75. The Hall–Kier alpha value is -1.51. The van der Waals surface area contributed by atoms with Crippen LogP contribution in [0.4, 0.5) is 0 Å². The zero-order valence-electron chi connectivity index (χ0n) is 14.4.